The SMILES string of the molecule is CCOC(=O)CCNS(=O)(=O)c1cc(Br)c(C)cc1Br. The predicted octanol–water partition coefficient (Wildman–Crippen LogP) is 2.75. The van der Waals surface area contributed by atoms with Crippen molar-refractivity contribution in [1.29, 1.82) is 0 Å². The van der Waals surface area contributed by atoms with Crippen molar-refractivity contribution in [3.8, 4) is 0 Å². The summed E-state index contributed by atoms with van der Waals surface area (Å²) in [6, 6.07) is 3.23. The lowest BCUT2D eigenvalue weighted by Gasteiger charge is -2.10. The first kappa shape index (κ1) is 17.6. The van der Waals surface area contributed by atoms with Crippen molar-refractivity contribution in [2.24, 2.45) is 0 Å². The smallest absolute Gasteiger partial charge is 0.307 e. The minimum atomic E-state index is -3.68. The highest BCUT2D eigenvalue weighted by molar-refractivity contribution is 9.11. The van der Waals surface area contributed by atoms with E-state index in [-0.39, 0.29) is 24.5 Å². The van der Waals surface area contributed by atoms with Gasteiger partial charge in [-0.25, -0.2) is 13.1 Å². The monoisotopic (exact) mass is 427 g/mol. The zero-order valence-corrected chi connectivity index (χ0v) is 15.1. The van der Waals surface area contributed by atoms with Crippen LogP contribution in [-0.2, 0) is 19.6 Å². The Balaban J connectivity index is 2.79. The molecule has 1 N–H and O–H groups in total. The standard InChI is InChI=1S/C12H15Br2NO4S/c1-3-19-12(16)4-5-15-20(17,18)11-7-9(13)8(2)6-10(11)14/h6-7,15H,3-5H2,1-2H3. The van der Waals surface area contributed by atoms with Gasteiger partial charge in [0.15, 0.2) is 0 Å². The molecule has 0 aliphatic carbocycles. The Labute approximate surface area is 135 Å². The van der Waals surface area contributed by atoms with Crippen LogP contribution in [0.4, 0.5) is 0 Å². The molecule has 0 aromatic heterocycles. The maximum absolute atomic E-state index is 12.1. The zero-order chi connectivity index (χ0) is 15.3. The van der Waals surface area contributed by atoms with E-state index in [4.69, 9.17) is 4.74 Å². The van der Waals surface area contributed by atoms with Crippen molar-refractivity contribution in [2.75, 3.05) is 13.2 Å². The van der Waals surface area contributed by atoms with Crippen molar-refractivity contribution in [3.05, 3.63) is 26.6 Å². The molecule has 5 nitrogen and oxygen atoms in total. The third-order valence-corrected chi connectivity index (χ3v) is 5.70. The van der Waals surface area contributed by atoms with Crippen LogP contribution in [0.3, 0.4) is 0 Å². The molecule has 0 bridgehead atoms. The molecule has 0 spiro atoms. The first-order valence-corrected chi connectivity index (χ1v) is 8.95. The van der Waals surface area contributed by atoms with Gasteiger partial charge in [-0.3, -0.25) is 4.79 Å². The minimum Gasteiger partial charge on any atom is -0.466 e. The van der Waals surface area contributed by atoms with Crippen LogP contribution >= 0.6 is 31.9 Å². The Morgan fingerprint density at radius 3 is 2.55 bits per heavy atom. The summed E-state index contributed by atoms with van der Waals surface area (Å²) in [5.41, 5.74) is 0.919. The molecule has 0 saturated heterocycles. The van der Waals surface area contributed by atoms with Crippen LogP contribution in [0.25, 0.3) is 0 Å². The van der Waals surface area contributed by atoms with E-state index in [0.29, 0.717) is 8.95 Å². The van der Waals surface area contributed by atoms with Crippen LogP contribution < -0.4 is 4.72 Å². The van der Waals surface area contributed by atoms with Gasteiger partial charge in [-0.1, -0.05) is 15.9 Å². The van der Waals surface area contributed by atoms with Crippen LogP contribution in [0.5, 0.6) is 0 Å². The first-order chi connectivity index (χ1) is 9.27. The number of hydrogen-bond donors (Lipinski definition) is 1. The molecule has 1 aromatic rings. The molecule has 0 aliphatic rings. The molecule has 1 aromatic carbocycles. The van der Waals surface area contributed by atoms with Gasteiger partial charge in [0.05, 0.1) is 17.9 Å². The second-order valence-electron chi connectivity index (χ2n) is 3.98. The molecule has 0 atom stereocenters. The van der Waals surface area contributed by atoms with Crippen molar-refractivity contribution >= 4 is 47.9 Å². The van der Waals surface area contributed by atoms with Crippen LogP contribution in [0.2, 0.25) is 0 Å². The molecule has 0 aliphatic heterocycles. The third-order valence-electron chi connectivity index (χ3n) is 2.43. The molecule has 0 amide bonds. The molecule has 0 heterocycles. The van der Waals surface area contributed by atoms with Crippen LogP contribution in [0.15, 0.2) is 26.0 Å². The fourth-order valence-electron chi connectivity index (χ4n) is 1.43. The fourth-order valence-corrected chi connectivity index (χ4v) is 4.14. The molecule has 8 heteroatoms. The summed E-state index contributed by atoms with van der Waals surface area (Å²) >= 11 is 6.53. The Bertz CT molecular complexity index is 602. The number of hydrogen-bond acceptors (Lipinski definition) is 4. The molecular formula is C12H15Br2NO4S. The Morgan fingerprint density at radius 2 is 1.95 bits per heavy atom. The second kappa shape index (κ2) is 7.53. The summed E-state index contributed by atoms with van der Waals surface area (Å²) in [5, 5.41) is 0. The van der Waals surface area contributed by atoms with Crippen molar-refractivity contribution in [1.82, 2.24) is 4.72 Å². The summed E-state index contributed by atoms with van der Waals surface area (Å²) in [5.74, 6) is -0.431. The average Bonchev–Trinajstić information content (AvgIpc) is 2.33. The Hall–Kier alpha value is -0.440. The lowest BCUT2D eigenvalue weighted by Crippen LogP contribution is -2.27. The maximum atomic E-state index is 12.1. The molecular weight excluding hydrogens is 414 g/mol. The fraction of sp³-hybridized carbons (Fsp3) is 0.417. The van der Waals surface area contributed by atoms with E-state index < -0.39 is 16.0 Å². The minimum absolute atomic E-state index is 0.000891. The van der Waals surface area contributed by atoms with Gasteiger partial charge in [0.1, 0.15) is 0 Å². The van der Waals surface area contributed by atoms with Gasteiger partial charge in [0.25, 0.3) is 0 Å². The van der Waals surface area contributed by atoms with Crippen molar-refractivity contribution in [2.45, 2.75) is 25.2 Å². The van der Waals surface area contributed by atoms with E-state index in [1.165, 1.54) is 6.07 Å². The van der Waals surface area contributed by atoms with Gasteiger partial charge in [-0.05, 0) is 47.5 Å². The molecule has 0 unspecified atom stereocenters. The molecule has 20 heavy (non-hydrogen) atoms. The van der Waals surface area contributed by atoms with E-state index in [1.807, 2.05) is 6.92 Å². The topological polar surface area (TPSA) is 72.5 Å². The van der Waals surface area contributed by atoms with E-state index in [2.05, 4.69) is 36.6 Å². The van der Waals surface area contributed by atoms with Crippen LogP contribution in [0.1, 0.15) is 18.9 Å². The number of rotatable bonds is 6. The summed E-state index contributed by atoms with van der Waals surface area (Å²) in [4.78, 5) is 11.3. The van der Waals surface area contributed by atoms with Gasteiger partial charge >= 0.3 is 5.97 Å². The quantitative estimate of drug-likeness (QED) is 0.707. The van der Waals surface area contributed by atoms with Crippen molar-refractivity contribution in [3.63, 3.8) is 0 Å². The first-order valence-electron chi connectivity index (χ1n) is 5.89. The highest BCUT2D eigenvalue weighted by Crippen LogP contribution is 2.28. The number of carbonyl (C=O) groups excluding carboxylic acids is 1. The Morgan fingerprint density at radius 1 is 1.30 bits per heavy atom. The molecule has 1 rings (SSSR count). The van der Waals surface area contributed by atoms with E-state index >= 15 is 0 Å². The lowest BCUT2D eigenvalue weighted by atomic mass is 10.2. The largest absolute Gasteiger partial charge is 0.466 e. The zero-order valence-electron chi connectivity index (χ0n) is 11.1. The second-order valence-corrected chi connectivity index (χ2v) is 7.43. The Kier molecular flexibility index (Phi) is 6.63. The van der Waals surface area contributed by atoms with E-state index in [1.54, 1.807) is 13.0 Å². The van der Waals surface area contributed by atoms with Crippen molar-refractivity contribution < 1.29 is 17.9 Å². The average molecular weight is 429 g/mol. The van der Waals surface area contributed by atoms with Gasteiger partial charge < -0.3 is 4.74 Å². The normalized spacial score (nSPS) is 11.4. The number of sulfonamides is 1. The number of halogens is 2. The van der Waals surface area contributed by atoms with Gasteiger partial charge in [0.2, 0.25) is 10.0 Å². The summed E-state index contributed by atoms with van der Waals surface area (Å²) in [6.45, 7) is 3.84. The van der Waals surface area contributed by atoms with Gasteiger partial charge in [-0.2, -0.15) is 0 Å². The number of ether oxygens (including phenoxy) is 1. The van der Waals surface area contributed by atoms with Gasteiger partial charge in [-0.15, -0.1) is 0 Å². The van der Waals surface area contributed by atoms with E-state index in [9.17, 15) is 13.2 Å². The molecule has 112 valence electrons. The number of nitrogens with one attached hydrogen (secondary N) is 1. The number of esters is 1. The van der Waals surface area contributed by atoms with E-state index in [0.717, 1.165) is 5.56 Å². The van der Waals surface area contributed by atoms with Crippen LogP contribution in [-0.4, -0.2) is 27.5 Å². The maximum Gasteiger partial charge on any atom is 0.307 e. The number of carbonyl (C=O) groups is 1. The van der Waals surface area contributed by atoms with Gasteiger partial charge in [0, 0.05) is 15.5 Å². The predicted molar refractivity (Wildman–Crippen MR) is 83.0 cm³/mol. The summed E-state index contributed by atoms with van der Waals surface area (Å²) in [7, 11) is -3.68. The molecule has 0 radical (unpaired) electrons. The summed E-state index contributed by atoms with van der Waals surface area (Å²) in [6.07, 6.45) is -0.00226. The summed E-state index contributed by atoms with van der Waals surface area (Å²) < 4.78 is 32.6. The third kappa shape index (κ3) is 4.83. The molecule has 0 saturated carbocycles. The lowest BCUT2D eigenvalue weighted by molar-refractivity contribution is -0.142. The number of aryl methyl sites for hydroxylation is 1. The molecule has 0 fully saturated rings. The highest BCUT2D eigenvalue weighted by atomic mass is 79.9. The highest BCUT2D eigenvalue weighted by Gasteiger charge is 2.19. The van der Waals surface area contributed by atoms with Crippen LogP contribution in [0, 0.1) is 6.92 Å². The number of benzene rings is 1.